The Morgan fingerprint density at radius 2 is 2.19 bits per heavy atom. The lowest BCUT2D eigenvalue weighted by Gasteiger charge is -2.36. The van der Waals surface area contributed by atoms with Gasteiger partial charge in [-0.25, -0.2) is 0 Å². The fraction of sp³-hybridized carbons (Fsp3) is 0.417. The highest BCUT2D eigenvalue weighted by atomic mass is 127. The molecule has 0 saturated heterocycles. The van der Waals surface area contributed by atoms with Crippen molar-refractivity contribution in [2.45, 2.75) is 31.7 Å². The number of carbonyl (C=O) groups excluding carboxylic acids is 1. The molecule has 1 saturated carbocycles. The molecule has 16 heavy (non-hydrogen) atoms. The van der Waals surface area contributed by atoms with Gasteiger partial charge < -0.3 is 11.1 Å². The topological polar surface area (TPSA) is 55.1 Å². The highest BCUT2D eigenvalue weighted by molar-refractivity contribution is 14.1. The second kappa shape index (κ2) is 4.33. The zero-order valence-corrected chi connectivity index (χ0v) is 11.4. The van der Waals surface area contributed by atoms with E-state index in [2.05, 4.69) is 27.9 Å². The lowest BCUT2D eigenvalue weighted by Crippen LogP contribution is -2.56. The maximum Gasteiger partial charge on any atom is 0.244 e. The largest absolute Gasteiger partial charge is 0.324 e. The van der Waals surface area contributed by atoms with Crippen molar-refractivity contribution < 1.29 is 4.79 Å². The van der Waals surface area contributed by atoms with E-state index in [0.717, 1.165) is 28.5 Å². The first-order valence-electron chi connectivity index (χ1n) is 5.38. The fourth-order valence-electron chi connectivity index (χ4n) is 1.71. The van der Waals surface area contributed by atoms with Gasteiger partial charge in [-0.1, -0.05) is 6.07 Å². The number of amides is 1. The van der Waals surface area contributed by atoms with Crippen LogP contribution in [0.1, 0.15) is 24.8 Å². The molecule has 0 radical (unpaired) electrons. The average molecular weight is 330 g/mol. The number of nitrogens with two attached hydrogens (primary N) is 1. The van der Waals surface area contributed by atoms with Crippen molar-refractivity contribution in [3.05, 3.63) is 27.3 Å². The van der Waals surface area contributed by atoms with Gasteiger partial charge in [0, 0.05) is 9.26 Å². The van der Waals surface area contributed by atoms with E-state index in [1.54, 1.807) is 0 Å². The van der Waals surface area contributed by atoms with E-state index in [4.69, 9.17) is 5.73 Å². The van der Waals surface area contributed by atoms with Crippen molar-refractivity contribution in [3.63, 3.8) is 0 Å². The Morgan fingerprint density at radius 3 is 2.69 bits per heavy atom. The smallest absolute Gasteiger partial charge is 0.244 e. The standard InChI is InChI=1S/C12H15IN2O/c1-8-3-4-9(7-10(8)13)15-11(16)12(14)5-2-6-12/h3-4,7H,2,5-6,14H2,1H3,(H,15,16). The molecular weight excluding hydrogens is 315 g/mol. The summed E-state index contributed by atoms with van der Waals surface area (Å²) in [4.78, 5) is 11.9. The van der Waals surface area contributed by atoms with Gasteiger partial charge in [0.25, 0.3) is 0 Å². The summed E-state index contributed by atoms with van der Waals surface area (Å²) < 4.78 is 1.15. The van der Waals surface area contributed by atoms with Crippen LogP contribution in [0.5, 0.6) is 0 Å². The number of anilines is 1. The predicted octanol–water partition coefficient (Wildman–Crippen LogP) is 2.42. The van der Waals surface area contributed by atoms with Crippen LogP contribution >= 0.6 is 22.6 Å². The molecule has 0 bridgehead atoms. The van der Waals surface area contributed by atoms with Crippen molar-refractivity contribution in [3.8, 4) is 0 Å². The number of halogens is 1. The second-order valence-electron chi connectivity index (χ2n) is 4.43. The van der Waals surface area contributed by atoms with Crippen LogP contribution in [0.4, 0.5) is 5.69 Å². The molecule has 1 amide bonds. The number of hydrogen-bond acceptors (Lipinski definition) is 2. The molecule has 1 fully saturated rings. The Labute approximate surface area is 109 Å². The zero-order valence-electron chi connectivity index (χ0n) is 9.22. The monoisotopic (exact) mass is 330 g/mol. The second-order valence-corrected chi connectivity index (χ2v) is 5.59. The fourth-order valence-corrected chi connectivity index (χ4v) is 2.23. The van der Waals surface area contributed by atoms with E-state index >= 15 is 0 Å². The van der Waals surface area contributed by atoms with E-state index in [0.29, 0.717) is 0 Å². The van der Waals surface area contributed by atoms with Crippen LogP contribution in [0.15, 0.2) is 18.2 Å². The quantitative estimate of drug-likeness (QED) is 0.819. The normalized spacial score (nSPS) is 17.7. The van der Waals surface area contributed by atoms with E-state index in [-0.39, 0.29) is 5.91 Å². The molecule has 0 heterocycles. The van der Waals surface area contributed by atoms with Crippen LogP contribution < -0.4 is 11.1 Å². The van der Waals surface area contributed by atoms with Crippen molar-refractivity contribution in [2.75, 3.05) is 5.32 Å². The molecule has 2 rings (SSSR count). The first-order valence-corrected chi connectivity index (χ1v) is 6.46. The van der Waals surface area contributed by atoms with Crippen LogP contribution in [0.3, 0.4) is 0 Å². The minimum absolute atomic E-state index is 0.0570. The minimum Gasteiger partial charge on any atom is -0.324 e. The third-order valence-corrected chi connectivity index (χ3v) is 4.29. The summed E-state index contributed by atoms with van der Waals surface area (Å²) in [6.45, 7) is 2.05. The number of nitrogens with one attached hydrogen (secondary N) is 1. The molecule has 0 aromatic heterocycles. The number of aryl methyl sites for hydroxylation is 1. The molecule has 1 aliphatic carbocycles. The molecule has 4 heteroatoms. The van der Waals surface area contributed by atoms with Crippen molar-refractivity contribution in [1.82, 2.24) is 0 Å². The predicted molar refractivity (Wildman–Crippen MR) is 73.3 cm³/mol. The minimum atomic E-state index is -0.629. The molecule has 1 aliphatic rings. The average Bonchev–Trinajstić information content (AvgIpc) is 2.20. The summed E-state index contributed by atoms with van der Waals surface area (Å²) in [5.74, 6) is -0.0570. The maximum atomic E-state index is 11.9. The van der Waals surface area contributed by atoms with Crippen LogP contribution in [-0.2, 0) is 4.79 Å². The summed E-state index contributed by atoms with van der Waals surface area (Å²) in [7, 11) is 0. The molecule has 1 aromatic carbocycles. The van der Waals surface area contributed by atoms with Gasteiger partial charge in [-0.05, 0) is 66.5 Å². The van der Waals surface area contributed by atoms with Crippen molar-refractivity contribution >= 4 is 34.2 Å². The Balaban J connectivity index is 2.09. The summed E-state index contributed by atoms with van der Waals surface area (Å²) >= 11 is 2.26. The SMILES string of the molecule is Cc1ccc(NC(=O)C2(N)CCC2)cc1I. The Morgan fingerprint density at radius 1 is 1.50 bits per heavy atom. The van der Waals surface area contributed by atoms with E-state index in [9.17, 15) is 4.79 Å². The van der Waals surface area contributed by atoms with Gasteiger partial charge in [0.2, 0.25) is 5.91 Å². The van der Waals surface area contributed by atoms with Crippen LogP contribution in [-0.4, -0.2) is 11.4 Å². The Bertz CT molecular complexity index is 427. The molecule has 86 valence electrons. The van der Waals surface area contributed by atoms with Gasteiger partial charge in [-0.3, -0.25) is 4.79 Å². The van der Waals surface area contributed by atoms with Crippen molar-refractivity contribution in [2.24, 2.45) is 5.73 Å². The third-order valence-electron chi connectivity index (χ3n) is 3.13. The van der Waals surface area contributed by atoms with Gasteiger partial charge >= 0.3 is 0 Å². The number of hydrogen-bond donors (Lipinski definition) is 2. The number of benzene rings is 1. The lowest BCUT2D eigenvalue weighted by molar-refractivity contribution is -0.123. The molecule has 0 unspecified atom stereocenters. The Hall–Kier alpha value is -0.620. The third kappa shape index (κ3) is 2.22. The van der Waals surface area contributed by atoms with Gasteiger partial charge in [-0.2, -0.15) is 0 Å². The van der Waals surface area contributed by atoms with E-state index < -0.39 is 5.54 Å². The van der Waals surface area contributed by atoms with Gasteiger partial charge in [-0.15, -0.1) is 0 Å². The first kappa shape index (κ1) is 11.9. The summed E-state index contributed by atoms with van der Waals surface area (Å²) in [6.07, 6.45) is 2.64. The summed E-state index contributed by atoms with van der Waals surface area (Å²) in [5, 5.41) is 2.88. The van der Waals surface area contributed by atoms with Gasteiger partial charge in [0.05, 0.1) is 5.54 Å². The summed E-state index contributed by atoms with van der Waals surface area (Å²) in [5.41, 5.74) is 7.36. The number of rotatable bonds is 2. The molecule has 3 nitrogen and oxygen atoms in total. The van der Waals surface area contributed by atoms with Crippen LogP contribution in [0.25, 0.3) is 0 Å². The molecular formula is C12H15IN2O. The summed E-state index contributed by atoms with van der Waals surface area (Å²) in [6, 6.07) is 5.88. The lowest BCUT2D eigenvalue weighted by atomic mass is 9.77. The molecule has 0 atom stereocenters. The Kier molecular flexibility index (Phi) is 3.21. The van der Waals surface area contributed by atoms with Gasteiger partial charge in [0.1, 0.15) is 0 Å². The van der Waals surface area contributed by atoms with Crippen LogP contribution in [0, 0.1) is 10.5 Å². The first-order chi connectivity index (χ1) is 7.51. The molecule has 0 aliphatic heterocycles. The van der Waals surface area contributed by atoms with Crippen molar-refractivity contribution in [1.29, 1.82) is 0 Å². The zero-order chi connectivity index (χ0) is 11.8. The maximum absolute atomic E-state index is 11.9. The van der Waals surface area contributed by atoms with E-state index in [1.807, 2.05) is 25.1 Å². The molecule has 1 aromatic rings. The highest BCUT2D eigenvalue weighted by Gasteiger charge is 2.40. The van der Waals surface area contributed by atoms with E-state index in [1.165, 1.54) is 5.56 Å². The molecule has 0 spiro atoms. The molecule has 3 N–H and O–H groups in total. The highest BCUT2D eigenvalue weighted by Crippen LogP contribution is 2.30. The van der Waals surface area contributed by atoms with Gasteiger partial charge in [0.15, 0.2) is 0 Å². The van der Waals surface area contributed by atoms with Crippen LogP contribution in [0.2, 0.25) is 0 Å². The number of carbonyl (C=O) groups is 1.